The predicted molar refractivity (Wildman–Crippen MR) is 62.9 cm³/mol. The zero-order valence-electron chi connectivity index (χ0n) is 10.4. The van der Waals surface area contributed by atoms with Crippen LogP contribution in [-0.4, -0.2) is 35.1 Å². The van der Waals surface area contributed by atoms with Gasteiger partial charge >= 0.3 is 0 Å². The third-order valence-electron chi connectivity index (χ3n) is 4.12. The Bertz CT molecular complexity index is 342. The molecule has 1 atom stereocenters. The minimum Gasteiger partial charge on any atom is -0.394 e. The summed E-state index contributed by atoms with van der Waals surface area (Å²) in [5.74, 6) is 0.424. The van der Waals surface area contributed by atoms with E-state index in [2.05, 4.69) is 13.0 Å². The molecule has 2 aliphatic rings. The van der Waals surface area contributed by atoms with E-state index in [0.717, 1.165) is 19.3 Å². The summed E-state index contributed by atoms with van der Waals surface area (Å²) in [5.41, 5.74) is -0.788. The van der Waals surface area contributed by atoms with Crippen molar-refractivity contribution in [2.24, 2.45) is 11.3 Å². The van der Waals surface area contributed by atoms with Crippen molar-refractivity contribution < 1.29 is 9.90 Å². The first-order chi connectivity index (χ1) is 8.13. The topological polar surface area (TPSA) is 64.3 Å². The third kappa shape index (κ3) is 2.04. The first-order valence-electron chi connectivity index (χ1n) is 6.46. The van der Waals surface area contributed by atoms with Gasteiger partial charge in [0, 0.05) is 6.54 Å². The van der Waals surface area contributed by atoms with E-state index in [1.165, 1.54) is 0 Å². The lowest BCUT2D eigenvalue weighted by molar-refractivity contribution is -0.150. The summed E-state index contributed by atoms with van der Waals surface area (Å²) in [7, 11) is 0. The molecule has 4 nitrogen and oxygen atoms in total. The fourth-order valence-electron chi connectivity index (χ4n) is 3.18. The number of nitriles is 1. The number of likely N-dealkylation sites (tertiary alicyclic amines) is 1. The fourth-order valence-corrected chi connectivity index (χ4v) is 3.18. The molecular formula is C13H20N2O2. The first kappa shape index (κ1) is 12.4. The van der Waals surface area contributed by atoms with Gasteiger partial charge in [0.25, 0.3) is 0 Å². The predicted octanol–water partition coefficient (Wildman–Crippen LogP) is 1.30. The lowest BCUT2D eigenvalue weighted by Crippen LogP contribution is -2.55. The van der Waals surface area contributed by atoms with E-state index in [0.29, 0.717) is 25.3 Å². The molecule has 17 heavy (non-hydrogen) atoms. The van der Waals surface area contributed by atoms with Crippen LogP contribution in [0.4, 0.5) is 0 Å². The smallest absolute Gasteiger partial charge is 0.243 e. The van der Waals surface area contributed by atoms with Crippen molar-refractivity contribution >= 4 is 5.91 Å². The highest BCUT2D eigenvalue weighted by molar-refractivity contribution is 5.87. The van der Waals surface area contributed by atoms with Crippen LogP contribution in [-0.2, 0) is 4.79 Å². The number of amides is 1. The summed E-state index contributed by atoms with van der Waals surface area (Å²) < 4.78 is 0. The van der Waals surface area contributed by atoms with Crippen molar-refractivity contribution in [2.45, 2.75) is 45.1 Å². The molecule has 0 aromatic rings. The van der Waals surface area contributed by atoms with Crippen molar-refractivity contribution in [3.8, 4) is 6.07 Å². The summed E-state index contributed by atoms with van der Waals surface area (Å²) in [4.78, 5) is 14.2. The Kier molecular flexibility index (Phi) is 3.39. The van der Waals surface area contributed by atoms with Crippen LogP contribution >= 0.6 is 0 Å². The van der Waals surface area contributed by atoms with E-state index in [9.17, 15) is 15.2 Å². The lowest BCUT2D eigenvalue weighted by atomic mass is 9.62. The van der Waals surface area contributed by atoms with Crippen LogP contribution in [0.15, 0.2) is 0 Å². The molecule has 1 aliphatic carbocycles. The minimum absolute atomic E-state index is 0.0167. The zero-order valence-corrected chi connectivity index (χ0v) is 10.4. The Hall–Kier alpha value is -1.08. The lowest BCUT2D eigenvalue weighted by Gasteiger charge is -2.45. The quantitative estimate of drug-likeness (QED) is 0.786. The molecule has 0 aromatic heterocycles. The molecule has 0 spiro atoms. The number of piperidine rings is 1. The number of carbonyl (C=O) groups excluding carboxylic acids is 1. The van der Waals surface area contributed by atoms with Gasteiger partial charge in [-0.1, -0.05) is 6.92 Å². The zero-order chi connectivity index (χ0) is 12.5. The SMILES string of the molecule is CC1CC(C#N)(C(=O)N2CCCCC2CO)C1. The number of aliphatic hydroxyl groups excluding tert-OH is 1. The van der Waals surface area contributed by atoms with Crippen molar-refractivity contribution in [2.75, 3.05) is 13.2 Å². The second kappa shape index (κ2) is 4.66. The van der Waals surface area contributed by atoms with E-state index >= 15 is 0 Å². The van der Waals surface area contributed by atoms with Crippen LogP contribution in [0.3, 0.4) is 0 Å². The van der Waals surface area contributed by atoms with Gasteiger partial charge in [-0.25, -0.2) is 0 Å². The van der Waals surface area contributed by atoms with Gasteiger partial charge in [0.1, 0.15) is 5.41 Å². The van der Waals surface area contributed by atoms with Gasteiger partial charge in [0.2, 0.25) is 5.91 Å². The molecule has 1 aliphatic heterocycles. The molecule has 4 heteroatoms. The second-order valence-electron chi connectivity index (χ2n) is 5.54. The minimum atomic E-state index is -0.788. The van der Waals surface area contributed by atoms with Crippen LogP contribution in [0.2, 0.25) is 0 Å². The maximum absolute atomic E-state index is 12.4. The molecule has 2 fully saturated rings. The fraction of sp³-hybridized carbons (Fsp3) is 0.846. The molecule has 1 saturated carbocycles. The summed E-state index contributed by atoms with van der Waals surface area (Å²) in [6.45, 7) is 2.78. The van der Waals surface area contributed by atoms with Crippen molar-refractivity contribution in [1.29, 1.82) is 5.26 Å². The number of nitrogens with zero attached hydrogens (tertiary/aromatic N) is 2. The Labute approximate surface area is 102 Å². The highest BCUT2D eigenvalue weighted by Gasteiger charge is 2.51. The molecular weight excluding hydrogens is 216 g/mol. The number of aliphatic hydroxyl groups is 1. The van der Waals surface area contributed by atoms with E-state index in [4.69, 9.17) is 0 Å². The summed E-state index contributed by atoms with van der Waals surface area (Å²) in [6.07, 6.45) is 4.26. The molecule has 1 amide bonds. The maximum Gasteiger partial charge on any atom is 0.243 e. The summed E-state index contributed by atoms with van der Waals surface area (Å²) in [5, 5.41) is 18.6. The normalized spacial score (nSPS) is 37.1. The van der Waals surface area contributed by atoms with Gasteiger partial charge in [-0.3, -0.25) is 4.79 Å². The van der Waals surface area contributed by atoms with Gasteiger partial charge in [0.15, 0.2) is 0 Å². The first-order valence-corrected chi connectivity index (χ1v) is 6.46. The van der Waals surface area contributed by atoms with Gasteiger partial charge in [-0.05, 0) is 38.0 Å². The van der Waals surface area contributed by atoms with Crippen LogP contribution in [0.5, 0.6) is 0 Å². The molecule has 1 heterocycles. The Balaban J connectivity index is 2.10. The van der Waals surface area contributed by atoms with E-state index in [1.807, 2.05) is 0 Å². The van der Waals surface area contributed by atoms with E-state index < -0.39 is 5.41 Å². The highest BCUT2D eigenvalue weighted by Crippen LogP contribution is 2.46. The Morgan fingerprint density at radius 3 is 2.76 bits per heavy atom. The molecule has 1 unspecified atom stereocenters. The number of hydrogen-bond acceptors (Lipinski definition) is 3. The number of rotatable bonds is 2. The van der Waals surface area contributed by atoms with Crippen molar-refractivity contribution in [1.82, 2.24) is 4.90 Å². The third-order valence-corrected chi connectivity index (χ3v) is 4.12. The monoisotopic (exact) mass is 236 g/mol. The Morgan fingerprint density at radius 2 is 2.24 bits per heavy atom. The largest absolute Gasteiger partial charge is 0.394 e. The molecule has 0 aromatic carbocycles. The van der Waals surface area contributed by atoms with Gasteiger partial charge in [-0.2, -0.15) is 5.26 Å². The van der Waals surface area contributed by atoms with Crippen LogP contribution in [0.25, 0.3) is 0 Å². The van der Waals surface area contributed by atoms with Gasteiger partial charge in [-0.15, -0.1) is 0 Å². The molecule has 94 valence electrons. The van der Waals surface area contributed by atoms with Crippen molar-refractivity contribution in [3.05, 3.63) is 0 Å². The maximum atomic E-state index is 12.4. The van der Waals surface area contributed by atoms with E-state index in [-0.39, 0.29) is 18.6 Å². The van der Waals surface area contributed by atoms with Crippen LogP contribution < -0.4 is 0 Å². The second-order valence-corrected chi connectivity index (χ2v) is 5.54. The average Bonchev–Trinajstić information content (AvgIpc) is 2.33. The molecule has 0 radical (unpaired) electrons. The average molecular weight is 236 g/mol. The van der Waals surface area contributed by atoms with E-state index in [1.54, 1.807) is 4.90 Å². The molecule has 2 rings (SSSR count). The van der Waals surface area contributed by atoms with Crippen molar-refractivity contribution in [3.63, 3.8) is 0 Å². The van der Waals surface area contributed by atoms with Crippen LogP contribution in [0, 0.1) is 22.7 Å². The number of hydrogen-bond donors (Lipinski definition) is 1. The standard InChI is InChI=1S/C13H20N2O2/c1-10-6-13(7-10,9-14)12(17)15-5-3-2-4-11(15)8-16/h10-11,16H,2-8H2,1H3. The Morgan fingerprint density at radius 1 is 1.53 bits per heavy atom. The van der Waals surface area contributed by atoms with Gasteiger partial charge < -0.3 is 10.0 Å². The highest BCUT2D eigenvalue weighted by atomic mass is 16.3. The number of carbonyl (C=O) groups is 1. The van der Waals surface area contributed by atoms with Crippen LogP contribution in [0.1, 0.15) is 39.0 Å². The summed E-state index contributed by atoms with van der Waals surface area (Å²) in [6, 6.07) is 2.14. The molecule has 1 saturated heterocycles. The molecule has 1 N–H and O–H groups in total. The van der Waals surface area contributed by atoms with Gasteiger partial charge in [0.05, 0.1) is 18.7 Å². The molecule has 0 bridgehead atoms. The summed E-state index contributed by atoms with van der Waals surface area (Å²) >= 11 is 0.